The number of alkyl halides is 1. The van der Waals surface area contributed by atoms with E-state index in [0.717, 1.165) is 15.5 Å². The molecule has 0 radical (unpaired) electrons. The number of ether oxygens (including phenoxy) is 1. The Bertz CT molecular complexity index is 878. The van der Waals surface area contributed by atoms with Crippen molar-refractivity contribution in [1.29, 1.82) is 0 Å². The second kappa shape index (κ2) is 6.79. The largest absolute Gasteiger partial charge is 0.461 e. The number of aryl methyl sites for hydroxylation is 1. The zero-order valence-corrected chi connectivity index (χ0v) is 14.4. The molecule has 1 aliphatic rings. The van der Waals surface area contributed by atoms with Gasteiger partial charge < -0.3 is 10.1 Å². The van der Waals surface area contributed by atoms with E-state index in [2.05, 4.69) is 20.6 Å². The zero-order chi connectivity index (χ0) is 18.1. The lowest BCUT2D eigenvalue weighted by atomic mass is 9.92. The SMILES string of the molecule is CC(=O)OC1CCCC(NC(=O)c2ncn3c(=O)n(C)nnc23)C1Cl. The summed E-state index contributed by atoms with van der Waals surface area (Å²) in [5.74, 6) is -0.919. The van der Waals surface area contributed by atoms with Gasteiger partial charge in [0.15, 0.2) is 11.3 Å². The van der Waals surface area contributed by atoms with E-state index >= 15 is 0 Å². The summed E-state index contributed by atoms with van der Waals surface area (Å²) < 4.78 is 7.38. The summed E-state index contributed by atoms with van der Waals surface area (Å²) in [6.45, 7) is 1.32. The molecule has 0 aliphatic heterocycles. The highest BCUT2D eigenvalue weighted by Crippen LogP contribution is 2.26. The van der Waals surface area contributed by atoms with Crippen molar-refractivity contribution in [3.05, 3.63) is 22.5 Å². The van der Waals surface area contributed by atoms with Gasteiger partial charge in [-0.25, -0.2) is 14.2 Å². The molecule has 11 heteroatoms. The van der Waals surface area contributed by atoms with Gasteiger partial charge in [-0.15, -0.1) is 16.7 Å². The Labute approximate surface area is 147 Å². The summed E-state index contributed by atoms with van der Waals surface area (Å²) in [5.41, 5.74) is -0.401. The number of nitrogens with one attached hydrogen (secondary N) is 1. The lowest BCUT2D eigenvalue weighted by Crippen LogP contribution is -2.49. The predicted octanol–water partition coefficient (Wildman–Crippen LogP) is -0.356. The van der Waals surface area contributed by atoms with Crippen LogP contribution >= 0.6 is 11.6 Å². The van der Waals surface area contributed by atoms with Crippen LogP contribution in [0.25, 0.3) is 5.65 Å². The van der Waals surface area contributed by atoms with Crippen molar-refractivity contribution < 1.29 is 14.3 Å². The third-order valence-corrected chi connectivity index (χ3v) is 4.68. The number of imidazole rings is 1. The van der Waals surface area contributed by atoms with Crippen molar-refractivity contribution in [2.45, 2.75) is 43.7 Å². The van der Waals surface area contributed by atoms with Gasteiger partial charge in [0.05, 0.1) is 5.38 Å². The van der Waals surface area contributed by atoms with Crippen LogP contribution in [-0.2, 0) is 16.6 Å². The maximum absolute atomic E-state index is 12.5. The molecule has 10 nitrogen and oxygen atoms in total. The van der Waals surface area contributed by atoms with E-state index in [-0.39, 0.29) is 17.4 Å². The van der Waals surface area contributed by atoms with E-state index in [1.807, 2.05) is 0 Å². The molecule has 2 aromatic rings. The first-order valence-corrected chi connectivity index (χ1v) is 8.21. The number of halogens is 1. The molecule has 1 amide bonds. The molecular weight excluding hydrogens is 352 g/mol. The molecule has 1 saturated carbocycles. The smallest absolute Gasteiger partial charge is 0.352 e. The van der Waals surface area contributed by atoms with Gasteiger partial charge in [0, 0.05) is 20.0 Å². The van der Waals surface area contributed by atoms with Gasteiger partial charge in [-0.3, -0.25) is 9.59 Å². The summed E-state index contributed by atoms with van der Waals surface area (Å²) in [7, 11) is 1.45. The van der Waals surface area contributed by atoms with E-state index in [1.54, 1.807) is 0 Å². The van der Waals surface area contributed by atoms with Crippen molar-refractivity contribution in [1.82, 2.24) is 29.7 Å². The van der Waals surface area contributed by atoms with Gasteiger partial charge >= 0.3 is 11.7 Å². The van der Waals surface area contributed by atoms with E-state index in [4.69, 9.17) is 16.3 Å². The van der Waals surface area contributed by atoms with Gasteiger partial charge in [-0.05, 0) is 19.3 Å². The first kappa shape index (κ1) is 17.3. The lowest BCUT2D eigenvalue weighted by molar-refractivity contribution is -0.147. The molecule has 1 aliphatic carbocycles. The summed E-state index contributed by atoms with van der Waals surface area (Å²) in [5, 5.41) is 9.74. The Balaban J connectivity index is 1.79. The van der Waals surface area contributed by atoms with Crippen LogP contribution in [0.5, 0.6) is 0 Å². The quantitative estimate of drug-likeness (QED) is 0.580. The second-order valence-corrected chi connectivity index (χ2v) is 6.39. The maximum Gasteiger partial charge on any atom is 0.352 e. The van der Waals surface area contributed by atoms with Gasteiger partial charge in [0.2, 0.25) is 0 Å². The molecule has 1 N–H and O–H groups in total. The Hall–Kier alpha value is -2.49. The fraction of sp³-hybridized carbons (Fsp3) is 0.571. The van der Waals surface area contributed by atoms with Crippen molar-refractivity contribution in [3.8, 4) is 0 Å². The third kappa shape index (κ3) is 3.34. The maximum atomic E-state index is 12.5. The average molecular weight is 369 g/mol. The number of nitrogens with zero attached hydrogens (tertiary/aromatic N) is 5. The molecule has 3 atom stereocenters. The van der Waals surface area contributed by atoms with Crippen LogP contribution in [0.1, 0.15) is 36.7 Å². The fourth-order valence-electron chi connectivity index (χ4n) is 2.88. The van der Waals surface area contributed by atoms with Crippen LogP contribution in [-0.4, -0.2) is 53.8 Å². The normalized spacial score (nSPS) is 23.4. The van der Waals surface area contributed by atoms with Gasteiger partial charge in [-0.2, -0.15) is 4.68 Å². The molecule has 1 fully saturated rings. The first-order valence-electron chi connectivity index (χ1n) is 7.77. The minimum Gasteiger partial charge on any atom is -0.461 e. The summed E-state index contributed by atoms with van der Waals surface area (Å²) in [6, 6.07) is -0.386. The van der Waals surface area contributed by atoms with E-state index in [9.17, 15) is 14.4 Å². The zero-order valence-electron chi connectivity index (χ0n) is 13.7. The van der Waals surface area contributed by atoms with Crippen molar-refractivity contribution in [3.63, 3.8) is 0 Å². The molecular formula is C14H17ClN6O4. The number of aromatic nitrogens is 5. The molecule has 25 heavy (non-hydrogen) atoms. The van der Waals surface area contributed by atoms with Crippen LogP contribution in [0, 0.1) is 0 Å². The topological polar surface area (TPSA) is 120 Å². The average Bonchev–Trinajstić information content (AvgIpc) is 2.99. The van der Waals surface area contributed by atoms with Crippen LogP contribution in [0.3, 0.4) is 0 Å². The van der Waals surface area contributed by atoms with Crippen LogP contribution in [0.15, 0.2) is 11.1 Å². The molecule has 2 heterocycles. The number of amides is 1. The minimum absolute atomic E-state index is 0.0105. The highest BCUT2D eigenvalue weighted by molar-refractivity contribution is 6.21. The number of fused-ring (bicyclic) bond motifs is 1. The van der Waals surface area contributed by atoms with Gasteiger partial charge in [0.1, 0.15) is 12.4 Å². The Kier molecular flexibility index (Phi) is 4.71. The Morgan fingerprint density at radius 1 is 1.40 bits per heavy atom. The molecule has 0 bridgehead atoms. The number of rotatable bonds is 3. The Morgan fingerprint density at radius 2 is 2.16 bits per heavy atom. The summed E-state index contributed by atoms with van der Waals surface area (Å²) in [6.07, 6.45) is 2.83. The number of hydrogen-bond donors (Lipinski definition) is 1. The van der Waals surface area contributed by atoms with Crippen LogP contribution < -0.4 is 11.0 Å². The van der Waals surface area contributed by atoms with E-state index < -0.39 is 29.0 Å². The highest BCUT2D eigenvalue weighted by Gasteiger charge is 2.35. The third-order valence-electron chi connectivity index (χ3n) is 4.09. The predicted molar refractivity (Wildman–Crippen MR) is 86.3 cm³/mol. The highest BCUT2D eigenvalue weighted by atomic mass is 35.5. The molecule has 0 saturated heterocycles. The van der Waals surface area contributed by atoms with Crippen LogP contribution in [0.4, 0.5) is 0 Å². The van der Waals surface area contributed by atoms with Crippen molar-refractivity contribution in [2.24, 2.45) is 7.05 Å². The van der Waals surface area contributed by atoms with E-state index in [0.29, 0.717) is 12.8 Å². The van der Waals surface area contributed by atoms with Crippen LogP contribution in [0.2, 0.25) is 0 Å². The minimum atomic E-state index is -0.547. The number of carbonyl (C=O) groups is 2. The Morgan fingerprint density at radius 3 is 2.88 bits per heavy atom. The first-order chi connectivity index (χ1) is 11.9. The van der Waals surface area contributed by atoms with Gasteiger partial charge in [0.25, 0.3) is 5.91 Å². The second-order valence-electron chi connectivity index (χ2n) is 5.89. The van der Waals surface area contributed by atoms with Crippen molar-refractivity contribution >= 4 is 29.1 Å². The molecule has 0 spiro atoms. The summed E-state index contributed by atoms with van der Waals surface area (Å²) >= 11 is 6.36. The number of esters is 1. The number of hydrogen-bond acceptors (Lipinski definition) is 7. The number of carbonyl (C=O) groups excluding carboxylic acids is 2. The van der Waals surface area contributed by atoms with Crippen molar-refractivity contribution in [2.75, 3.05) is 0 Å². The molecule has 0 aromatic carbocycles. The molecule has 3 unspecified atom stereocenters. The monoisotopic (exact) mass is 368 g/mol. The summed E-state index contributed by atoms with van der Waals surface area (Å²) in [4.78, 5) is 39.6. The molecule has 3 rings (SSSR count). The lowest BCUT2D eigenvalue weighted by Gasteiger charge is -2.33. The van der Waals surface area contributed by atoms with E-state index in [1.165, 1.54) is 20.3 Å². The standard InChI is InChI=1S/C14H17ClN6O4/c1-7(22)25-9-5-3-4-8(10(9)15)17-13(23)11-12-18-19-20(2)14(24)21(12)6-16-11/h6,8-10H,3-5H2,1-2H3,(H,17,23). The fourth-order valence-corrected chi connectivity index (χ4v) is 3.25. The molecule has 134 valence electrons. The van der Waals surface area contributed by atoms with Gasteiger partial charge in [-0.1, -0.05) is 5.21 Å². The molecule has 2 aromatic heterocycles.